The maximum absolute atomic E-state index is 11.5. The predicted molar refractivity (Wildman–Crippen MR) is 89.5 cm³/mol. The van der Waals surface area contributed by atoms with E-state index in [1.807, 2.05) is 24.3 Å². The molecule has 0 saturated carbocycles. The number of H-pyrrole nitrogens is 2. The van der Waals surface area contributed by atoms with Crippen LogP contribution in [0.3, 0.4) is 0 Å². The van der Waals surface area contributed by atoms with Crippen LogP contribution in [-0.2, 0) is 4.79 Å². The van der Waals surface area contributed by atoms with Crippen LogP contribution in [0.15, 0.2) is 29.3 Å². The summed E-state index contributed by atoms with van der Waals surface area (Å²) >= 11 is 9.71. The van der Waals surface area contributed by atoms with E-state index in [0.29, 0.717) is 10.5 Å². The zero-order valence-corrected chi connectivity index (χ0v) is 12.7. The molecule has 1 amide bonds. The molecule has 4 N–H and O–H groups in total. The molecule has 0 unspecified atom stereocenters. The van der Waals surface area contributed by atoms with Crippen molar-refractivity contribution in [3.05, 3.63) is 45.2 Å². The lowest BCUT2D eigenvalue weighted by Gasteiger charge is -1.91. The van der Waals surface area contributed by atoms with Gasteiger partial charge in [-0.1, -0.05) is 24.3 Å². The van der Waals surface area contributed by atoms with Gasteiger partial charge in [0, 0.05) is 0 Å². The van der Waals surface area contributed by atoms with E-state index in [-0.39, 0.29) is 22.6 Å². The Morgan fingerprint density at radius 3 is 2.18 bits per heavy atom. The molecule has 110 valence electrons. The normalized spacial score (nSPS) is 13.7. The molecule has 0 bridgehead atoms. The summed E-state index contributed by atoms with van der Waals surface area (Å²) in [5.74, 6) is -0.309. The minimum Gasteiger partial charge on any atom is -0.493 e. The average molecular weight is 330 g/mol. The Labute approximate surface area is 134 Å². The van der Waals surface area contributed by atoms with Crippen LogP contribution in [0.4, 0.5) is 0 Å². The summed E-state index contributed by atoms with van der Waals surface area (Å²) in [6.45, 7) is 0. The maximum atomic E-state index is 11.5. The van der Waals surface area contributed by atoms with E-state index in [9.17, 15) is 9.90 Å². The molecule has 1 aromatic heterocycles. The highest BCUT2D eigenvalue weighted by Gasteiger charge is 2.17. The molecule has 8 heteroatoms. The number of carbonyl (C=O) groups is 1. The summed E-state index contributed by atoms with van der Waals surface area (Å²) in [4.78, 5) is 20.9. The lowest BCUT2D eigenvalue weighted by Crippen LogP contribution is -2.25. The molecule has 22 heavy (non-hydrogen) atoms. The molecule has 0 aliphatic carbocycles. The standard InChI is InChI=1S/C14H10N4O2S2/c19-11-9(15-13(21)17-11)5-7-1-2-8(4-3-7)6-10-12(20)18-14(22)16-10/h1-6,19H,(H2,15,17,21)(H,18,20,22). The molecule has 3 rings (SSSR count). The number of hydrogen-bond donors (Lipinski definition) is 4. The molecule has 6 nitrogen and oxygen atoms in total. The first-order chi connectivity index (χ1) is 10.5. The Morgan fingerprint density at radius 1 is 1.05 bits per heavy atom. The number of aromatic amines is 2. The number of thiocarbonyl (C=S) groups is 1. The Kier molecular flexibility index (Phi) is 3.70. The summed E-state index contributed by atoms with van der Waals surface area (Å²) in [5, 5.41) is 13.9. The number of imidazole rings is 1. The van der Waals surface area contributed by atoms with Crippen molar-refractivity contribution in [3.8, 4) is 5.88 Å². The van der Waals surface area contributed by atoms with Crippen LogP contribution in [-0.4, -0.2) is 31.8 Å². The molecule has 0 fully saturated rings. The van der Waals surface area contributed by atoms with Gasteiger partial charge in [0.05, 0.1) is 0 Å². The fraction of sp³-hybridized carbons (Fsp3) is 0. The second kappa shape index (κ2) is 5.66. The van der Waals surface area contributed by atoms with Crippen molar-refractivity contribution >= 4 is 53.3 Å². The van der Waals surface area contributed by atoms with E-state index in [1.54, 1.807) is 12.2 Å². The van der Waals surface area contributed by atoms with Gasteiger partial charge in [0.15, 0.2) is 9.88 Å². The van der Waals surface area contributed by atoms with Gasteiger partial charge >= 0.3 is 0 Å². The molecule has 0 spiro atoms. The first-order valence-corrected chi connectivity index (χ1v) is 7.08. The summed E-state index contributed by atoms with van der Waals surface area (Å²) in [7, 11) is 0. The van der Waals surface area contributed by atoms with Crippen molar-refractivity contribution in [2.24, 2.45) is 4.99 Å². The summed E-state index contributed by atoms with van der Waals surface area (Å²) in [6.07, 6.45) is 3.40. The third-order valence-electron chi connectivity index (χ3n) is 2.96. The third-order valence-corrected chi connectivity index (χ3v) is 3.36. The van der Waals surface area contributed by atoms with Crippen molar-refractivity contribution in [1.29, 1.82) is 0 Å². The van der Waals surface area contributed by atoms with Gasteiger partial charge in [-0.05, 0) is 47.0 Å². The highest BCUT2D eigenvalue weighted by Crippen LogP contribution is 2.10. The lowest BCUT2D eigenvalue weighted by atomic mass is 10.2. The number of nitrogens with one attached hydrogen (secondary N) is 3. The second-order valence-electron chi connectivity index (χ2n) is 4.55. The molecular formula is C14H10N4O2S2. The first kappa shape index (κ1) is 14.4. The van der Waals surface area contributed by atoms with Gasteiger partial charge in [0.2, 0.25) is 5.88 Å². The van der Waals surface area contributed by atoms with Crippen molar-refractivity contribution in [3.63, 3.8) is 0 Å². The number of hydrogen-bond acceptors (Lipinski definition) is 4. The monoisotopic (exact) mass is 330 g/mol. The van der Waals surface area contributed by atoms with E-state index in [2.05, 4.69) is 20.3 Å². The fourth-order valence-corrected chi connectivity index (χ4v) is 2.35. The SMILES string of the molecule is O=C1NC(=S)N=C1C=c1ccc(=Cc2[nH]c(=S)[nH]c2O)cc1. The number of rotatable bonds is 2. The van der Waals surface area contributed by atoms with E-state index >= 15 is 0 Å². The quantitative estimate of drug-likeness (QED) is 0.594. The highest BCUT2D eigenvalue weighted by molar-refractivity contribution is 7.80. The van der Waals surface area contributed by atoms with Crippen LogP contribution in [0.1, 0.15) is 5.69 Å². The van der Waals surface area contributed by atoms with E-state index in [4.69, 9.17) is 24.4 Å². The molecular weight excluding hydrogens is 320 g/mol. The molecule has 1 aliphatic heterocycles. The van der Waals surface area contributed by atoms with Crippen molar-refractivity contribution in [2.75, 3.05) is 0 Å². The molecule has 1 aromatic carbocycles. The Bertz CT molecular complexity index is 962. The van der Waals surface area contributed by atoms with Crippen LogP contribution in [0.2, 0.25) is 0 Å². The van der Waals surface area contributed by atoms with Crippen molar-refractivity contribution in [1.82, 2.24) is 15.3 Å². The average Bonchev–Trinajstić information content (AvgIpc) is 2.94. The van der Waals surface area contributed by atoms with Crippen LogP contribution in [0.25, 0.3) is 12.2 Å². The number of aromatic hydroxyl groups is 1. The minimum atomic E-state index is -0.301. The number of aromatic nitrogens is 2. The third kappa shape index (κ3) is 3.02. The molecule has 2 heterocycles. The predicted octanol–water partition coefficient (Wildman–Crippen LogP) is 0.243. The van der Waals surface area contributed by atoms with E-state index < -0.39 is 0 Å². The van der Waals surface area contributed by atoms with Gasteiger partial charge in [-0.2, -0.15) is 0 Å². The Hall–Kier alpha value is -2.58. The van der Waals surface area contributed by atoms with Crippen LogP contribution in [0, 0.1) is 4.77 Å². The maximum Gasteiger partial charge on any atom is 0.276 e. The smallest absolute Gasteiger partial charge is 0.276 e. The largest absolute Gasteiger partial charge is 0.493 e. The molecule has 1 aliphatic rings. The molecule has 0 atom stereocenters. The zero-order chi connectivity index (χ0) is 15.7. The number of nitrogens with zero attached hydrogens (tertiary/aromatic N) is 1. The van der Waals surface area contributed by atoms with Crippen LogP contribution < -0.4 is 15.8 Å². The van der Waals surface area contributed by atoms with Gasteiger partial charge in [0.25, 0.3) is 5.91 Å². The van der Waals surface area contributed by atoms with Crippen LogP contribution in [0.5, 0.6) is 5.88 Å². The molecule has 2 aromatic rings. The van der Waals surface area contributed by atoms with Gasteiger partial charge in [-0.3, -0.25) is 10.1 Å². The van der Waals surface area contributed by atoms with Gasteiger partial charge in [-0.15, -0.1) is 0 Å². The topological polar surface area (TPSA) is 93.3 Å². The Morgan fingerprint density at radius 2 is 1.68 bits per heavy atom. The Balaban J connectivity index is 1.95. The molecule has 0 radical (unpaired) electrons. The van der Waals surface area contributed by atoms with Gasteiger partial charge < -0.3 is 15.1 Å². The summed E-state index contributed by atoms with van der Waals surface area (Å²) in [5.41, 5.74) is 0.792. The lowest BCUT2D eigenvalue weighted by molar-refractivity contribution is -0.113. The van der Waals surface area contributed by atoms with E-state index in [0.717, 1.165) is 10.4 Å². The summed E-state index contributed by atoms with van der Waals surface area (Å²) < 4.78 is 0.356. The van der Waals surface area contributed by atoms with Crippen LogP contribution >= 0.6 is 24.4 Å². The highest BCUT2D eigenvalue weighted by atomic mass is 32.1. The van der Waals surface area contributed by atoms with Crippen molar-refractivity contribution in [2.45, 2.75) is 0 Å². The zero-order valence-electron chi connectivity index (χ0n) is 11.1. The molecule has 0 saturated heterocycles. The number of aliphatic imine (C=N–C) groups is 1. The van der Waals surface area contributed by atoms with E-state index in [1.165, 1.54) is 0 Å². The summed E-state index contributed by atoms with van der Waals surface area (Å²) in [6, 6.07) is 7.37. The number of benzene rings is 1. The number of carbonyl (C=O) groups excluding carboxylic acids is 1. The number of amides is 1. The van der Waals surface area contributed by atoms with Crippen molar-refractivity contribution < 1.29 is 9.90 Å². The second-order valence-corrected chi connectivity index (χ2v) is 5.35. The van der Waals surface area contributed by atoms with Gasteiger partial charge in [-0.25, -0.2) is 4.99 Å². The minimum absolute atomic E-state index is 0.00821. The first-order valence-electron chi connectivity index (χ1n) is 6.26. The fourth-order valence-electron chi connectivity index (χ4n) is 1.95. The van der Waals surface area contributed by atoms with Gasteiger partial charge in [0.1, 0.15) is 11.4 Å².